The molecule has 12 heteroatoms. The largest absolute Gasteiger partial charge is 0.481 e. The van der Waals surface area contributed by atoms with Gasteiger partial charge in [0.1, 0.15) is 6.23 Å². The number of hydrogen-bond acceptors (Lipinski definition) is 7. The molecule has 3 N–H and O–H groups in total. The van der Waals surface area contributed by atoms with Gasteiger partial charge < -0.3 is 19.7 Å². The number of unbranched alkanes of at least 4 members (excludes halogenated alkanes) is 8. The number of carbonyl (C=O) groups is 1. The number of aromatic nitrogens is 2. The monoisotopic (exact) mass is 497 g/mol. The third-order valence-electron chi connectivity index (χ3n) is 5.78. The molecule has 0 bridgehead atoms. The summed E-state index contributed by atoms with van der Waals surface area (Å²) in [6.45, 7) is 2.14. The Labute approximate surface area is 204 Å². The smallest absolute Gasteiger partial charge is 0.330 e. The third kappa shape index (κ3) is 12.0. The van der Waals surface area contributed by atoms with Gasteiger partial charge in [0.25, 0.3) is 5.56 Å². The summed E-state index contributed by atoms with van der Waals surface area (Å²) in [5.74, 6) is -0.668. The van der Waals surface area contributed by atoms with E-state index in [2.05, 4.69) is 15.0 Å². The number of H-pyrrole nitrogens is 1. The molecular weight excluding hydrogens is 458 g/mol. The molecule has 1 aliphatic rings. The second-order valence-corrected chi connectivity index (χ2v) is 8.62. The van der Waals surface area contributed by atoms with Crippen LogP contribution in [-0.2, 0) is 14.3 Å². The van der Waals surface area contributed by atoms with Gasteiger partial charge in [0.15, 0.2) is 0 Å². The molecule has 2 rings (SSSR count). The predicted octanol–water partition coefficient (Wildman–Crippen LogP) is 3.42. The summed E-state index contributed by atoms with van der Waals surface area (Å²) >= 11 is 0. The molecule has 0 aromatic carbocycles. The Balaban J connectivity index is 0.000000357. The van der Waals surface area contributed by atoms with Crippen molar-refractivity contribution in [1.29, 1.82) is 0 Å². The number of hydrogen-bond donors (Lipinski definition) is 3. The standard InChI is InChI=1S/C13H26O3.C10H13N5O4/c1-16-12-10-8-6-4-2-3-5-7-9-11-13(14)15;1-5-3-15(10(18)12-9(5)17)8-2-6(13-14-11)7(4-16)19-8/h2-12H2,1H3,(H,14,15);3,6-8,16H,2,4H2,1H3,(H,12,17,18)/t;6-,7+,8+/m.0/s1. The van der Waals surface area contributed by atoms with Crippen LogP contribution in [-0.4, -0.2) is 58.2 Å². The van der Waals surface area contributed by atoms with E-state index in [1.54, 1.807) is 14.0 Å². The fourth-order valence-corrected chi connectivity index (χ4v) is 3.80. The highest BCUT2D eigenvalue weighted by molar-refractivity contribution is 5.66. The van der Waals surface area contributed by atoms with Gasteiger partial charge >= 0.3 is 11.7 Å². The molecule has 0 amide bonds. The highest BCUT2D eigenvalue weighted by atomic mass is 16.5. The number of carboxylic acids is 1. The van der Waals surface area contributed by atoms with Crippen molar-refractivity contribution in [2.24, 2.45) is 5.11 Å². The predicted molar refractivity (Wildman–Crippen MR) is 130 cm³/mol. The summed E-state index contributed by atoms with van der Waals surface area (Å²) in [4.78, 5) is 38.1. The van der Waals surface area contributed by atoms with E-state index in [1.807, 2.05) is 0 Å². The summed E-state index contributed by atoms with van der Waals surface area (Å²) in [6, 6.07) is -0.542. The number of aryl methyl sites for hydroxylation is 1. The first kappa shape index (κ1) is 30.4. The van der Waals surface area contributed by atoms with Crippen molar-refractivity contribution in [3.05, 3.63) is 43.0 Å². The van der Waals surface area contributed by atoms with Crippen molar-refractivity contribution in [2.75, 3.05) is 20.3 Å². The number of ether oxygens (including phenoxy) is 2. The van der Waals surface area contributed by atoms with Crippen LogP contribution in [0.3, 0.4) is 0 Å². The number of nitrogens with one attached hydrogen (secondary N) is 1. The van der Waals surface area contributed by atoms with Crippen LogP contribution in [0, 0.1) is 6.92 Å². The van der Waals surface area contributed by atoms with Gasteiger partial charge in [-0.25, -0.2) is 4.79 Å². The third-order valence-corrected chi connectivity index (χ3v) is 5.78. The number of nitrogens with zero attached hydrogens (tertiary/aromatic N) is 4. The Morgan fingerprint density at radius 2 is 1.80 bits per heavy atom. The number of aliphatic hydroxyl groups excluding tert-OH is 1. The number of aromatic amines is 1. The van der Waals surface area contributed by atoms with E-state index in [1.165, 1.54) is 55.7 Å². The molecule has 35 heavy (non-hydrogen) atoms. The maximum atomic E-state index is 11.7. The van der Waals surface area contributed by atoms with Crippen molar-refractivity contribution in [3.8, 4) is 0 Å². The van der Waals surface area contributed by atoms with E-state index in [-0.39, 0.29) is 13.0 Å². The van der Waals surface area contributed by atoms with Crippen molar-refractivity contribution in [2.45, 2.75) is 95.9 Å². The maximum absolute atomic E-state index is 11.7. The zero-order chi connectivity index (χ0) is 26.1. The minimum atomic E-state index is -0.671. The summed E-state index contributed by atoms with van der Waals surface area (Å²) in [5, 5.41) is 21.1. The fraction of sp³-hybridized carbons (Fsp3) is 0.783. The normalized spacial score (nSPS) is 19.0. The summed E-state index contributed by atoms with van der Waals surface area (Å²) in [6.07, 6.45) is 11.4. The lowest BCUT2D eigenvalue weighted by Crippen LogP contribution is -2.33. The molecule has 0 aliphatic carbocycles. The van der Waals surface area contributed by atoms with Gasteiger partial charge in [-0.15, -0.1) is 0 Å². The zero-order valence-corrected chi connectivity index (χ0v) is 20.7. The number of carboxylic acid groups (broad SMARTS) is 1. The Morgan fingerprint density at radius 3 is 2.34 bits per heavy atom. The number of aliphatic carboxylic acids is 1. The molecule has 0 unspecified atom stereocenters. The van der Waals surface area contributed by atoms with Crippen LogP contribution >= 0.6 is 0 Å². The molecule has 3 atom stereocenters. The lowest BCUT2D eigenvalue weighted by Gasteiger charge is -2.14. The van der Waals surface area contributed by atoms with E-state index in [4.69, 9.17) is 25.2 Å². The van der Waals surface area contributed by atoms with Gasteiger partial charge in [-0.05, 0) is 25.3 Å². The molecule has 12 nitrogen and oxygen atoms in total. The number of azide groups is 1. The van der Waals surface area contributed by atoms with Crippen molar-refractivity contribution in [3.63, 3.8) is 0 Å². The van der Waals surface area contributed by atoms with E-state index in [9.17, 15) is 14.4 Å². The van der Waals surface area contributed by atoms with Crippen LogP contribution in [0.15, 0.2) is 20.9 Å². The number of methoxy groups -OCH3 is 1. The Hall–Kier alpha value is -2.66. The van der Waals surface area contributed by atoms with Crippen LogP contribution in [0.2, 0.25) is 0 Å². The molecule has 2 heterocycles. The summed E-state index contributed by atoms with van der Waals surface area (Å²) in [5.41, 5.74) is 7.76. The van der Waals surface area contributed by atoms with Gasteiger partial charge in [0.2, 0.25) is 0 Å². The van der Waals surface area contributed by atoms with Crippen LogP contribution in [0.5, 0.6) is 0 Å². The minimum Gasteiger partial charge on any atom is -0.481 e. The van der Waals surface area contributed by atoms with Crippen molar-refractivity contribution in [1.82, 2.24) is 9.55 Å². The van der Waals surface area contributed by atoms with Gasteiger partial charge in [-0.3, -0.25) is 19.1 Å². The quantitative estimate of drug-likeness (QED) is 0.144. The van der Waals surface area contributed by atoms with E-state index < -0.39 is 35.6 Å². The first-order chi connectivity index (χ1) is 16.8. The molecule has 0 spiro atoms. The van der Waals surface area contributed by atoms with Gasteiger partial charge in [0.05, 0.1) is 18.8 Å². The summed E-state index contributed by atoms with van der Waals surface area (Å²) in [7, 11) is 1.75. The SMILES string of the molecule is COCCCCCCCCCCCC(=O)O.Cc1cn([C@H]2C[C@H](N=[N+]=[N-])[C@@H](CO)O2)c(=O)[nH]c1=O. The molecule has 1 aromatic heterocycles. The molecule has 1 saturated heterocycles. The molecule has 198 valence electrons. The Morgan fingerprint density at radius 1 is 1.20 bits per heavy atom. The van der Waals surface area contributed by atoms with E-state index in [0.717, 1.165) is 19.4 Å². The van der Waals surface area contributed by atoms with E-state index >= 15 is 0 Å². The Kier molecular flexibility index (Phi) is 15.4. The van der Waals surface area contributed by atoms with Gasteiger partial charge in [-0.1, -0.05) is 50.1 Å². The van der Waals surface area contributed by atoms with Crippen LogP contribution < -0.4 is 11.2 Å². The highest BCUT2D eigenvalue weighted by Crippen LogP contribution is 2.29. The molecular formula is C23H39N5O7. The number of rotatable bonds is 15. The second kappa shape index (κ2) is 17.7. The lowest BCUT2D eigenvalue weighted by atomic mass is 10.1. The summed E-state index contributed by atoms with van der Waals surface area (Å²) < 4.78 is 11.7. The minimum absolute atomic E-state index is 0.265. The first-order valence-corrected chi connectivity index (χ1v) is 12.2. The molecule has 1 fully saturated rings. The van der Waals surface area contributed by atoms with E-state index in [0.29, 0.717) is 12.0 Å². The highest BCUT2D eigenvalue weighted by Gasteiger charge is 2.35. The average Bonchev–Trinajstić information content (AvgIpc) is 3.23. The first-order valence-electron chi connectivity index (χ1n) is 12.2. The van der Waals surface area contributed by atoms with Crippen molar-refractivity contribution < 1.29 is 24.5 Å². The lowest BCUT2D eigenvalue weighted by molar-refractivity contribution is -0.137. The van der Waals surface area contributed by atoms with Crippen LogP contribution in [0.4, 0.5) is 0 Å². The fourth-order valence-electron chi connectivity index (χ4n) is 3.80. The maximum Gasteiger partial charge on any atom is 0.330 e. The molecule has 1 aromatic rings. The molecule has 1 aliphatic heterocycles. The molecule has 0 radical (unpaired) electrons. The second-order valence-electron chi connectivity index (χ2n) is 8.62. The zero-order valence-electron chi connectivity index (χ0n) is 20.7. The van der Waals surface area contributed by atoms with Crippen LogP contribution in [0.25, 0.3) is 10.4 Å². The Bertz CT molecular complexity index is 910. The molecule has 0 saturated carbocycles. The topological polar surface area (TPSA) is 180 Å². The van der Waals surface area contributed by atoms with Crippen molar-refractivity contribution >= 4 is 5.97 Å². The van der Waals surface area contributed by atoms with Crippen LogP contribution in [0.1, 0.15) is 82.4 Å². The average molecular weight is 498 g/mol. The van der Waals surface area contributed by atoms with Gasteiger partial charge in [0, 0.05) is 43.2 Å². The van der Waals surface area contributed by atoms with Gasteiger partial charge in [-0.2, -0.15) is 0 Å². The number of aliphatic hydroxyl groups is 1.